The van der Waals surface area contributed by atoms with Crippen LogP contribution in [0.1, 0.15) is 15.9 Å². The number of nitrogens with one attached hydrogen (secondary N) is 1. The minimum atomic E-state index is -3.95. The van der Waals surface area contributed by atoms with E-state index in [2.05, 4.69) is 5.32 Å². The van der Waals surface area contributed by atoms with Crippen LogP contribution in [-0.2, 0) is 23.6 Å². The van der Waals surface area contributed by atoms with Crippen LogP contribution in [0.3, 0.4) is 0 Å². The summed E-state index contributed by atoms with van der Waals surface area (Å²) in [5.41, 5.74) is 0.290. The topological polar surface area (TPSA) is 109 Å². The number of hydrogen-bond donors (Lipinski definition) is 2. The lowest BCUT2D eigenvalue weighted by Crippen LogP contribution is -2.33. The molecule has 0 saturated heterocycles. The highest BCUT2D eigenvalue weighted by Gasteiger charge is 2.25. The molecule has 0 aliphatic carbocycles. The first-order valence-electron chi connectivity index (χ1n) is 9.39. The van der Waals surface area contributed by atoms with Gasteiger partial charge < -0.3 is 15.0 Å². The molecule has 0 bridgehead atoms. The zero-order valence-electron chi connectivity index (χ0n) is 17.0. The highest BCUT2D eigenvalue weighted by atomic mass is 35.5. The molecule has 0 atom stereocenters. The van der Waals surface area contributed by atoms with E-state index in [9.17, 15) is 18.0 Å². The molecule has 2 aromatic carbocycles. The van der Waals surface area contributed by atoms with Crippen LogP contribution in [0, 0.1) is 0 Å². The minimum absolute atomic E-state index is 0.0753. The Hall–Kier alpha value is -2.72. The highest BCUT2D eigenvalue weighted by molar-refractivity contribution is 7.89. The molecule has 0 saturated carbocycles. The van der Waals surface area contributed by atoms with Gasteiger partial charge in [-0.25, -0.2) is 8.42 Å². The van der Waals surface area contributed by atoms with Crippen LogP contribution in [0.25, 0.3) is 10.9 Å². The maximum atomic E-state index is 12.9. The predicted octanol–water partition coefficient (Wildman–Crippen LogP) is 1.73. The van der Waals surface area contributed by atoms with E-state index in [0.717, 1.165) is 14.4 Å². The molecule has 0 aliphatic heterocycles. The van der Waals surface area contributed by atoms with E-state index in [1.165, 1.54) is 26.2 Å². The predicted molar refractivity (Wildman–Crippen MR) is 119 cm³/mol. The number of hydrogen-bond acceptors (Lipinski definition) is 5. The molecule has 2 N–H and O–H groups in total. The molecule has 3 aromatic rings. The lowest BCUT2D eigenvalue weighted by molar-refractivity contribution is 0.0949. The second-order valence-electron chi connectivity index (χ2n) is 6.98. The number of rotatable bonds is 7. The Morgan fingerprint density at radius 3 is 2.52 bits per heavy atom. The Balaban J connectivity index is 2.01. The van der Waals surface area contributed by atoms with Crippen molar-refractivity contribution in [2.24, 2.45) is 7.05 Å². The van der Waals surface area contributed by atoms with Gasteiger partial charge in [-0.1, -0.05) is 35.9 Å². The third-order valence-electron chi connectivity index (χ3n) is 4.91. The van der Waals surface area contributed by atoms with Crippen LogP contribution in [0.2, 0.25) is 5.02 Å². The summed E-state index contributed by atoms with van der Waals surface area (Å²) in [5, 5.41) is 12.8. The molecular weight excluding hydrogens is 442 g/mol. The molecule has 8 nitrogen and oxygen atoms in total. The summed E-state index contributed by atoms with van der Waals surface area (Å²) in [6.07, 6.45) is 0. The van der Waals surface area contributed by atoms with Gasteiger partial charge in [0, 0.05) is 37.6 Å². The smallest absolute Gasteiger partial charge is 0.263 e. The summed E-state index contributed by atoms with van der Waals surface area (Å²) in [6, 6.07) is 12.9. The van der Waals surface area contributed by atoms with Crippen LogP contribution < -0.4 is 10.9 Å². The molecule has 164 valence electrons. The van der Waals surface area contributed by atoms with Crippen LogP contribution in [-0.4, -0.2) is 48.5 Å². The van der Waals surface area contributed by atoms with Gasteiger partial charge in [0.25, 0.3) is 11.5 Å². The number of aliphatic hydroxyl groups is 1. The average Bonchev–Trinajstić information content (AvgIpc) is 2.75. The number of para-hydroxylation sites is 1. The molecule has 3 rings (SSSR count). The van der Waals surface area contributed by atoms with Crippen molar-refractivity contribution < 1.29 is 18.3 Å². The normalized spacial score (nSPS) is 11.8. The minimum Gasteiger partial charge on any atom is -0.395 e. The maximum Gasteiger partial charge on any atom is 0.263 e. The second kappa shape index (κ2) is 9.19. The van der Waals surface area contributed by atoms with Crippen molar-refractivity contribution in [3.05, 3.63) is 75.0 Å². The third-order valence-corrected chi connectivity index (χ3v) is 7.06. The molecule has 0 spiro atoms. The molecule has 1 heterocycles. The van der Waals surface area contributed by atoms with Crippen molar-refractivity contribution >= 4 is 38.4 Å². The van der Waals surface area contributed by atoms with Crippen molar-refractivity contribution in [2.45, 2.75) is 11.4 Å². The zero-order valence-corrected chi connectivity index (χ0v) is 18.6. The number of aryl methyl sites for hydroxylation is 1. The monoisotopic (exact) mass is 463 g/mol. The van der Waals surface area contributed by atoms with Gasteiger partial charge >= 0.3 is 0 Å². The number of amides is 1. The first-order valence-corrected chi connectivity index (χ1v) is 11.2. The van der Waals surface area contributed by atoms with E-state index in [0.29, 0.717) is 10.4 Å². The van der Waals surface area contributed by atoms with E-state index in [1.54, 1.807) is 36.4 Å². The first-order chi connectivity index (χ1) is 14.7. The van der Waals surface area contributed by atoms with Crippen LogP contribution >= 0.6 is 11.6 Å². The standard InChI is InChI=1S/C21H22ClN3O5S/c1-24(10-11-26)31(29,30)18-5-3-4-15-12-17(21(28)25(2)19(15)18)20(27)23-13-14-6-8-16(22)9-7-14/h3-9,12,26H,10-11,13H2,1-2H3,(H,23,27). The quantitative estimate of drug-likeness (QED) is 0.554. The van der Waals surface area contributed by atoms with Gasteiger partial charge in [0.1, 0.15) is 10.5 Å². The second-order valence-corrected chi connectivity index (χ2v) is 9.43. The largest absolute Gasteiger partial charge is 0.395 e. The number of fused-ring (bicyclic) bond motifs is 1. The number of aromatic nitrogens is 1. The van der Waals surface area contributed by atoms with Crippen LogP contribution in [0.5, 0.6) is 0 Å². The Kier molecular flexibility index (Phi) is 6.80. The van der Waals surface area contributed by atoms with Gasteiger partial charge in [-0.2, -0.15) is 4.31 Å². The molecule has 0 aliphatic rings. The molecule has 10 heteroatoms. The summed E-state index contributed by atoms with van der Waals surface area (Å²) in [5.74, 6) is -0.567. The number of pyridine rings is 1. The number of carbonyl (C=O) groups excluding carboxylic acids is 1. The number of likely N-dealkylation sites (N-methyl/N-ethyl adjacent to an activating group) is 1. The average molecular weight is 464 g/mol. The van der Waals surface area contributed by atoms with Crippen molar-refractivity contribution in [3.63, 3.8) is 0 Å². The number of nitrogens with zero attached hydrogens (tertiary/aromatic N) is 2. The molecule has 0 fully saturated rings. The fourth-order valence-electron chi connectivity index (χ4n) is 3.19. The van der Waals surface area contributed by atoms with Crippen LogP contribution in [0.15, 0.2) is 58.2 Å². The van der Waals surface area contributed by atoms with E-state index in [1.807, 2.05) is 0 Å². The number of halogens is 1. The molecule has 1 aromatic heterocycles. The Morgan fingerprint density at radius 1 is 1.19 bits per heavy atom. The Bertz CT molecular complexity index is 1290. The summed E-state index contributed by atoms with van der Waals surface area (Å²) in [7, 11) is -1.18. The lowest BCUT2D eigenvalue weighted by Gasteiger charge is -2.19. The summed E-state index contributed by atoms with van der Waals surface area (Å²) < 4.78 is 28.0. The SMILES string of the molecule is CN(CCO)S(=O)(=O)c1cccc2cc(C(=O)NCc3ccc(Cl)cc3)c(=O)n(C)c12. The molecule has 0 unspecified atom stereocenters. The Morgan fingerprint density at radius 2 is 1.87 bits per heavy atom. The molecular formula is C21H22ClN3O5S. The number of carbonyl (C=O) groups is 1. The van der Waals surface area contributed by atoms with E-state index >= 15 is 0 Å². The van der Waals surface area contributed by atoms with E-state index < -0.39 is 21.5 Å². The Labute approximate surface area is 184 Å². The third kappa shape index (κ3) is 4.64. The highest BCUT2D eigenvalue weighted by Crippen LogP contribution is 2.24. The van der Waals surface area contributed by atoms with Crippen LogP contribution in [0.4, 0.5) is 0 Å². The molecule has 31 heavy (non-hydrogen) atoms. The van der Waals surface area contributed by atoms with Gasteiger partial charge in [-0.3, -0.25) is 9.59 Å². The van der Waals surface area contributed by atoms with Gasteiger partial charge in [0.2, 0.25) is 10.0 Å². The van der Waals surface area contributed by atoms with Crippen molar-refractivity contribution in [3.8, 4) is 0 Å². The van der Waals surface area contributed by atoms with E-state index in [4.69, 9.17) is 16.7 Å². The molecule has 0 radical (unpaired) electrons. The summed E-state index contributed by atoms with van der Waals surface area (Å²) in [4.78, 5) is 25.5. The number of aliphatic hydroxyl groups excluding tert-OH is 1. The van der Waals surface area contributed by atoms with Crippen molar-refractivity contribution in [1.82, 2.24) is 14.2 Å². The summed E-state index contributed by atoms with van der Waals surface area (Å²) >= 11 is 5.86. The first kappa shape index (κ1) is 23.0. The fraction of sp³-hybridized carbons (Fsp3) is 0.238. The van der Waals surface area contributed by atoms with Gasteiger partial charge in [-0.05, 0) is 29.8 Å². The maximum absolute atomic E-state index is 12.9. The van der Waals surface area contributed by atoms with Gasteiger partial charge in [0.15, 0.2) is 0 Å². The van der Waals surface area contributed by atoms with Crippen molar-refractivity contribution in [1.29, 1.82) is 0 Å². The van der Waals surface area contributed by atoms with E-state index in [-0.39, 0.29) is 35.7 Å². The van der Waals surface area contributed by atoms with Gasteiger partial charge in [-0.15, -0.1) is 0 Å². The lowest BCUT2D eigenvalue weighted by atomic mass is 10.1. The zero-order chi connectivity index (χ0) is 22.8. The fourth-order valence-corrected chi connectivity index (χ4v) is 4.73. The number of sulfonamides is 1. The molecule has 1 amide bonds. The summed E-state index contributed by atoms with van der Waals surface area (Å²) in [6.45, 7) is -0.215. The van der Waals surface area contributed by atoms with Crippen molar-refractivity contribution in [2.75, 3.05) is 20.2 Å². The van der Waals surface area contributed by atoms with Gasteiger partial charge in [0.05, 0.1) is 12.1 Å². The number of benzene rings is 2.